The van der Waals surface area contributed by atoms with E-state index in [9.17, 15) is 0 Å². The van der Waals surface area contributed by atoms with Crippen LogP contribution in [0.3, 0.4) is 0 Å². The first-order valence-electron chi connectivity index (χ1n) is 11.0. The van der Waals surface area contributed by atoms with Crippen molar-refractivity contribution in [2.45, 2.75) is 64.8 Å². The molecule has 0 aliphatic heterocycles. The number of methoxy groups -OCH3 is 1. The summed E-state index contributed by atoms with van der Waals surface area (Å²) in [6.45, 7) is 13.9. The summed E-state index contributed by atoms with van der Waals surface area (Å²) in [6.07, 6.45) is 4.71. The predicted molar refractivity (Wildman–Crippen MR) is 120 cm³/mol. The third-order valence-electron chi connectivity index (χ3n) is 5.80. The fraction of sp³-hybridized carbons (Fsp3) is 0.696. The molecule has 2 N–H and O–H groups in total. The highest BCUT2D eigenvalue weighted by Crippen LogP contribution is 2.51. The van der Waals surface area contributed by atoms with Crippen molar-refractivity contribution in [1.29, 1.82) is 0 Å². The minimum absolute atomic E-state index is 0.140. The van der Waals surface area contributed by atoms with Gasteiger partial charge in [-0.05, 0) is 65.2 Å². The fourth-order valence-electron chi connectivity index (χ4n) is 3.76. The lowest BCUT2D eigenvalue weighted by molar-refractivity contribution is 0.292. The Balaban J connectivity index is 1.93. The molecule has 0 bridgehead atoms. The number of rotatable bonds is 12. The Hall–Kier alpha value is -1.75. The first-order valence-corrected chi connectivity index (χ1v) is 11.0. The van der Waals surface area contributed by atoms with Gasteiger partial charge in [-0.3, -0.25) is 4.99 Å². The van der Waals surface area contributed by atoms with Gasteiger partial charge in [-0.2, -0.15) is 0 Å². The number of nitrogens with one attached hydrogen (secondary N) is 2. The molecule has 1 fully saturated rings. The van der Waals surface area contributed by atoms with Gasteiger partial charge in [-0.25, -0.2) is 0 Å². The average Bonchev–Trinajstić information content (AvgIpc) is 3.50. The maximum absolute atomic E-state index is 5.59. The Kier molecular flexibility index (Phi) is 9.10. The topological polar surface area (TPSA) is 48.9 Å². The second-order valence-corrected chi connectivity index (χ2v) is 7.89. The highest BCUT2D eigenvalue weighted by Gasteiger charge is 2.46. The van der Waals surface area contributed by atoms with Crippen LogP contribution in [0.25, 0.3) is 0 Å². The number of hydrogen-bond acceptors (Lipinski definition) is 3. The molecule has 1 unspecified atom stereocenters. The molecule has 0 radical (unpaired) electrons. The van der Waals surface area contributed by atoms with Gasteiger partial charge in [0.05, 0.1) is 13.7 Å². The van der Waals surface area contributed by atoms with Crippen molar-refractivity contribution in [3.05, 3.63) is 29.8 Å². The zero-order valence-corrected chi connectivity index (χ0v) is 18.6. The Morgan fingerprint density at radius 3 is 2.54 bits per heavy atom. The molecule has 2 rings (SSSR count). The van der Waals surface area contributed by atoms with Crippen molar-refractivity contribution in [3.8, 4) is 5.75 Å². The van der Waals surface area contributed by atoms with Crippen LogP contribution in [0.4, 0.5) is 0 Å². The van der Waals surface area contributed by atoms with Crippen molar-refractivity contribution in [2.24, 2.45) is 4.99 Å². The molecule has 1 aliphatic carbocycles. The molecule has 0 saturated heterocycles. The van der Waals surface area contributed by atoms with Gasteiger partial charge in [0.2, 0.25) is 0 Å². The number of hydrogen-bond donors (Lipinski definition) is 2. The van der Waals surface area contributed by atoms with Crippen molar-refractivity contribution in [3.63, 3.8) is 0 Å². The summed E-state index contributed by atoms with van der Waals surface area (Å²) < 4.78 is 5.59. The molecule has 0 aromatic heterocycles. The standard InChI is InChI=1S/C23H40N4O/c1-6-24-22(26-19(4)12-11-17-27(7-2)8-3)25-18-23(15-16-23)20-13-9-10-14-21(20)28-5/h9-10,13-14,19H,6-8,11-12,15-18H2,1-5H3,(H2,24,25,26). The number of nitrogens with zero attached hydrogens (tertiary/aromatic N) is 2. The second-order valence-electron chi connectivity index (χ2n) is 7.89. The van der Waals surface area contributed by atoms with Crippen LogP contribution in [0.1, 0.15) is 58.9 Å². The van der Waals surface area contributed by atoms with Crippen LogP contribution in [0.5, 0.6) is 5.75 Å². The van der Waals surface area contributed by atoms with Gasteiger partial charge in [0.15, 0.2) is 5.96 Å². The smallest absolute Gasteiger partial charge is 0.191 e. The summed E-state index contributed by atoms with van der Waals surface area (Å²) in [6, 6.07) is 8.80. The van der Waals surface area contributed by atoms with Crippen molar-refractivity contribution in [2.75, 3.05) is 39.8 Å². The van der Waals surface area contributed by atoms with Gasteiger partial charge < -0.3 is 20.3 Å². The van der Waals surface area contributed by atoms with Gasteiger partial charge in [0.25, 0.3) is 0 Å². The maximum Gasteiger partial charge on any atom is 0.191 e. The van der Waals surface area contributed by atoms with E-state index in [1.54, 1.807) is 7.11 Å². The monoisotopic (exact) mass is 388 g/mol. The molecule has 0 spiro atoms. The van der Waals surface area contributed by atoms with E-state index in [-0.39, 0.29) is 5.41 Å². The van der Waals surface area contributed by atoms with Crippen LogP contribution >= 0.6 is 0 Å². The average molecular weight is 389 g/mol. The fourth-order valence-corrected chi connectivity index (χ4v) is 3.76. The Morgan fingerprint density at radius 2 is 1.93 bits per heavy atom. The summed E-state index contributed by atoms with van der Waals surface area (Å²) in [7, 11) is 1.75. The van der Waals surface area contributed by atoms with E-state index in [1.165, 1.54) is 31.4 Å². The quantitative estimate of drug-likeness (QED) is 0.422. The van der Waals surface area contributed by atoms with Gasteiger partial charge in [0.1, 0.15) is 5.75 Å². The molecule has 1 aromatic carbocycles. The zero-order chi connectivity index (χ0) is 20.4. The van der Waals surface area contributed by atoms with Crippen LogP contribution < -0.4 is 15.4 Å². The molecule has 1 aliphatic rings. The number of ether oxygens (including phenoxy) is 1. The molecule has 0 amide bonds. The minimum atomic E-state index is 0.140. The summed E-state index contributed by atoms with van der Waals surface area (Å²) in [4.78, 5) is 7.43. The Labute approximate surface area is 171 Å². The van der Waals surface area contributed by atoms with Crippen LogP contribution in [0, 0.1) is 0 Å². The highest BCUT2D eigenvalue weighted by molar-refractivity contribution is 5.80. The predicted octanol–water partition coefficient (Wildman–Crippen LogP) is 3.79. The molecule has 5 nitrogen and oxygen atoms in total. The molecular weight excluding hydrogens is 348 g/mol. The molecule has 28 heavy (non-hydrogen) atoms. The highest BCUT2D eigenvalue weighted by atomic mass is 16.5. The summed E-state index contributed by atoms with van der Waals surface area (Å²) >= 11 is 0. The lowest BCUT2D eigenvalue weighted by Crippen LogP contribution is -2.43. The van der Waals surface area contributed by atoms with Crippen molar-refractivity contribution >= 4 is 5.96 Å². The molecule has 1 aromatic rings. The van der Waals surface area contributed by atoms with Crippen LogP contribution in [0.15, 0.2) is 29.3 Å². The number of para-hydroxylation sites is 1. The molecule has 1 saturated carbocycles. The molecule has 1 atom stereocenters. The van der Waals surface area contributed by atoms with E-state index in [0.29, 0.717) is 6.04 Å². The molecule has 0 heterocycles. The van der Waals surface area contributed by atoms with Gasteiger partial charge in [0, 0.05) is 23.6 Å². The van der Waals surface area contributed by atoms with E-state index >= 15 is 0 Å². The first-order chi connectivity index (χ1) is 13.6. The number of aliphatic imine (C=N–C) groups is 1. The van der Waals surface area contributed by atoms with Crippen molar-refractivity contribution < 1.29 is 4.74 Å². The Morgan fingerprint density at radius 1 is 1.21 bits per heavy atom. The van der Waals surface area contributed by atoms with Crippen LogP contribution in [-0.4, -0.2) is 56.7 Å². The SMILES string of the molecule is CCNC(=NCC1(c2ccccc2OC)CC1)NC(C)CCCN(CC)CC. The summed E-state index contributed by atoms with van der Waals surface area (Å²) in [5.41, 5.74) is 1.44. The molecular formula is C23H40N4O. The summed E-state index contributed by atoms with van der Waals surface area (Å²) in [5.74, 6) is 1.91. The number of benzene rings is 1. The first kappa shape index (κ1) is 22.5. The Bertz CT molecular complexity index is 608. The second kappa shape index (κ2) is 11.3. The van der Waals surface area contributed by atoms with Gasteiger partial charge in [-0.15, -0.1) is 0 Å². The minimum Gasteiger partial charge on any atom is -0.496 e. The van der Waals surface area contributed by atoms with Crippen LogP contribution in [-0.2, 0) is 5.41 Å². The van der Waals surface area contributed by atoms with Gasteiger partial charge >= 0.3 is 0 Å². The van der Waals surface area contributed by atoms with Gasteiger partial charge in [-0.1, -0.05) is 32.0 Å². The lowest BCUT2D eigenvalue weighted by atomic mass is 9.95. The molecule has 5 heteroatoms. The third kappa shape index (κ3) is 6.40. The van der Waals surface area contributed by atoms with Crippen molar-refractivity contribution in [1.82, 2.24) is 15.5 Å². The van der Waals surface area contributed by atoms with E-state index in [2.05, 4.69) is 61.4 Å². The molecule has 158 valence electrons. The largest absolute Gasteiger partial charge is 0.496 e. The third-order valence-corrected chi connectivity index (χ3v) is 5.80. The maximum atomic E-state index is 5.59. The lowest BCUT2D eigenvalue weighted by Gasteiger charge is -2.22. The van der Waals surface area contributed by atoms with E-state index in [1.807, 2.05) is 6.07 Å². The zero-order valence-electron chi connectivity index (χ0n) is 18.6. The number of guanidine groups is 1. The summed E-state index contributed by atoms with van der Waals surface area (Å²) in [5, 5.41) is 7.01. The normalized spacial score (nSPS) is 16.7. The van der Waals surface area contributed by atoms with Crippen LogP contribution in [0.2, 0.25) is 0 Å². The van der Waals surface area contributed by atoms with E-state index < -0.39 is 0 Å². The van der Waals surface area contributed by atoms with E-state index in [4.69, 9.17) is 9.73 Å². The van der Waals surface area contributed by atoms with E-state index in [0.717, 1.165) is 44.3 Å².